The summed E-state index contributed by atoms with van der Waals surface area (Å²) in [7, 11) is 0. The zero-order valence-electron chi connectivity index (χ0n) is 6.89. The number of alkyl halides is 2. The van der Waals surface area contributed by atoms with Crippen LogP contribution >= 0.6 is 11.6 Å². The molecular weight excluding hydrogens is 200 g/mol. The monoisotopic (exact) mass is 207 g/mol. The van der Waals surface area contributed by atoms with Crippen LogP contribution in [0.4, 0.5) is 8.78 Å². The Labute approximate surface area is 79.2 Å². The van der Waals surface area contributed by atoms with Crippen molar-refractivity contribution < 1.29 is 13.9 Å². The van der Waals surface area contributed by atoms with Crippen LogP contribution in [0.2, 0.25) is 5.15 Å². The topological polar surface area (TPSA) is 33.1 Å². The molecule has 5 heteroatoms. The summed E-state index contributed by atoms with van der Waals surface area (Å²) in [6, 6.07) is 0. The third kappa shape index (κ3) is 1.95. The molecule has 0 aliphatic heterocycles. The highest BCUT2D eigenvalue weighted by atomic mass is 35.5. The molecule has 1 N–H and O–H groups in total. The van der Waals surface area contributed by atoms with Crippen LogP contribution < -0.4 is 0 Å². The van der Waals surface area contributed by atoms with Crippen LogP contribution in [-0.4, -0.2) is 10.1 Å². The minimum Gasteiger partial charge on any atom is -0.392 e. The number of aliphatic hydroxyl groups is 1. The van der Waals surface area contributed by atoms with Crippen LogP contribution in [0, 0.1) is 6.92 Å². The predicted molar refractivity (Wildman–Crippen MR) is 44.9 cm³/mol. The SMILES string of the molecule is Cc1c(Cl)ncc(CO)c1C(F)F. The van der Waals surface area contributed by atoms with E-state index in [9.17, 15) is 8.78 Å². The summed E-state index contributed by atoms with van der Waals surface area (Å²) < 4.78 is 24.9. The van der Waals surface area contributed by atoms with Gasteiger partial charge in [-0.3, -0.25) is 0 Å². The van der Waals surface area contributed by atoms with Gasteiger partial charge in [0.15, 0.2) is 0 Å². The Morgan fingerprint density at radius 1 is 1.62 bits per heavy atom. The van der Waals surface area contributed by atoms with Crippen molar-refractivity contribution in [3.63, 3.8) is 0 Å². The fourth-order valence-corrected chi connectivity index (χ4v) is 1.23. The predicted octanol–water partition coefficient (Wildman–Crippen LogP) is 2.47. The van der Waals surface area contributed by atoms with Gasteiger partial charge in [-0.2, -0.15) is 0 Å². The van der Waals surface area contributed by atoms with Crippen LogP contribution in [0.5, 0.6) is 0 Å². The first-order chi connectivity index (χ1) is 6.07. The number of rotatable bonds is 2. The number of hydrogen-bond acceptors (Lipinski definition) is 2. The van der Waals surface area contributed by atoms with Crippen molar-refractivity contribution in [3.05, 3.63) is 28.0 Å². The maximum absolute atomic E-state index is 12.5. The summed E-state index contributed by atoms with van der Waals surface area (Å²) in [6.07, 6.45) is -1.47. The van der Waals surface area contributed by atoms with Gasteiger partial charge < -0.3 is 5.11 Å². The average Bonchev–Trinajstić information content (AvgIpc) is 2.08. The number of hydrogen-bond donors (Lipinski definition) is 1. The molecule has 0 amide bonds. The van der Waals surface area contributed by atoms with E-state index in [1.807, 2.05) is 0 Å². The van der Waals surface area contributed by atoms with E-state index in [0.717, 1.165) is 6.20 Å². The number of aromatic nitrogens is 1. The lowest BCUT2D eigenvalue weighted by Crippen LogP contribution is -2.00. The quantitative estimate of drug-likeness (QED) is 0.756. The maximum atomic E-state index is 12.5. The third-order valence-electron chi connectivity index (χ3n) is 1.78. The van der Waals surface area contributed by atoms with Gasteiger partial charge in [-0.05, 0) is 12.5 Å². The second-order valence-electron chi connectivity index (χ2n) is 2.57. The molecule has 0 saturated heterocycles. The standard InChI is InChI=1S/C8H8ClF2NO/c1-4-6(8(10)11)5(3-13)2-12-7(4)9/h2,8,13H,3H2,1H3. The minimum absolute atomic E-state index is 0.0486. The Balaban J connectivity index is 3.32. The highest BCUT2D eigenvalue weighted by Crippen LogP contribution is 2.29. The van der Waals surface area contributed by atoms with E-state index in [2.05, 4.69) is 4.98 Å². The molecule has 0 radical (unpaired) electrons. The first-order valence-corrected chi connectivity index (χ1v) is 3.98. The van der Waals surface area contributed by atoms with Crippen LogP contribution in [0.15, 0.2) is 6.20 Å². The molecule has 0 saturated carbocycles. The lowest BCUT2D eigenvalue weighted by Gasteiger charge is -2.10. The van der Waals surface area contributed by atoms with Gasteiger partial charge >= 0.3 is 0 Å². The molecule has 13 heavy (non-hydrogen) atoms. The van der Waals surface area contributed by atoms with Gasteiger partial charge in [0, 0.05) is 17.3 Å². The van der Waals surface area contributed by atoms with Gasteiger partial charge in [-0.1, -0.05) is 11.6 Å². The van der Waals surface area contributed by atoms with E-state index in [1.165, 1.54) is 6.92 Å². The van der Waals surface area contributed by atoms with Crippen molar-refractivity contribution in [2.75, 3.05) is 0 Å². The first kappa shape index (κ1) is 10.3. The normalized spacial score (nSPS) is 10.9. The van der Waals surface area contributed by atoms with Crippen molar-refractivity contribution in [1.29, 1.82) is 0 Å². The van der Waals surface area contributed by atoms with Gasteiger partial charge in [-0.15, -0.1) is 0 Å². The summed E-state index contributed by atoms with van der Waals surface area (Å²) in [5.41, 5.74) is 0.127. The minimum atomic E-state index is -2.64. The molecule has 1 heterocycles. The third-order valence-corrected chi connectivity index (χ3v) is 2.16. The molecular formula is C8H8ClF2NO. The molecule has 0 unspecified atom stereocenters. The van der Waals surface area contributed by atoms with E-state index in [0.29, 0.717) is 0 Å². The van der Waals surface area contributed by atoms with Gasteiger partial charge in [0.05, 0.1) is 6.61 Å². The van der Waals surface area contributed by atoms with Crippen LogP contribution in [0.1, 0.15) is 23.1 Å². The van der Waals surface area contributed by atoms with Gasteiger partial charge in [0.2, 0.25) is 0 Å². The summed E-state index contributed by atoms with van der Waals surface area (Å²) >= 11 is 5.56. The number of aliphatic hydroxyl groups excluding tert-OH is 1. The van der Waals surface area contributed by atoms with E-state index in [4.69, 9.17) is 16.7 Å². The second-order valence-corrected chi connectivity index (χ2v) is 2.93. The second kappa shape index (κ2) is 3.98. The summed E-state index contributed by atoms with van der Waals surface area (Å²) in [5, 5.41) is 8.81. The summed E-state index contributed by atoms with van der Waals surface area (Å²) in [4.78, 5) is 3.66. The van der Waals surface area contributed by atoms with Gasteiger partial charge in [0.1, 0.15) is 5.15 Å². The summed E-state index contributed by atoms with van der Waals surface area (Å²) in [6.45, 7) is 1.00. The smallest absolute Gasteiger partial charge is 0.264 e. The lowest BCUT2D eigenvalue weighted by atomic mass is 10.1. The number of nitrogens with zero attached hydrogens (tertiary/aromatic N) is 1. The Kier molecular flexibility index (Phi) is 3.17. The molecule has 0 atom stereocenters. The Hall–Kier alpha value is -0.740. The maximum Gasteiger partial charge on any atom is 0.264 e. The molecule has 0 aliphatic rings. The van der Waals surface area contributed by atoms with Crippen molar-refractivity contribution in [2.24, 2.45) is 0 Å². The molecule has 0 spiro atoms. The van der Waals surface area contributed by atoms with E-state index in [-0.39, 0.29) is 21.8 Å². The van der Waals surface area contributed by atoms with Gasteiger partial charge in [-0.25, -0.2) is 13.8 Å². The van der Waals surface area contributed by atoms with Crippen molar-refractivity contribution in [3.8, 4) is 0 Å². The molecule has 0 bridgehead atoms. The largest absolute Gasteiger partial charge is 0.392 e. The summed E-state index contributed by atoms with van der Waals surface area (Å²) in [5.74, 6) is 0. The number of halogens is 3. The Morgan fingerprint density at radius 2 is 2.23 bits per heavy atom. The molecule has 1 rings (SSSR count). The van der Waals surface area contributed by atoms with E-state index in [1.54, 1.807) is 0 Å². The molecule has 1 aromatic heterocycles. The molecule has 1 aromatic rings. The first-order valence-electron chi connectivity index (χ1n) is 3.60. The molecule has 0 aliphatic carbocycles. The molecule has 0 fully saturated rings. The van der Waals surface area contributed by atoms with Gasteiger partial charge in [0.25, 0.3) is 6.43 Å². The molecule has 2 nitrogen and oxygen atoms in total. The fourth-order valence-electron chi connectivity index (χ4n) is 1.08. The van der Waals surface area contributed by atoms with Crippen LogP contribution in [-0.2, 0) is 6.61 Å². The van der Waals surface area contributed by atoms with E-state index >= 15 is 0 Å². The van der Waals surface area contributed by atoms with Crippen molar-refractivity contribution in [2.45, 2.75) is 20.0 Å². The van der Waals surface area contributed by atoms with Crippen LogP contribution in [0.3, 0.4) is 0 Å². The van der Waals surface area contributed by atoms with Crippen LogP contribution in [0.25, 0.3) is 0 Å². The Morgan fingerprint density at radius 3 is 2.69 bits per heavy atom. The zero-order chi connectivity index (χ0) is 10.0. The lowest BCUT2D eigenvalue weighted by molar-refractivity contribution is 0.146. The van der Waals surface area contributed by atoms with Crippen molar-refractivity contribution >= 4 is 11.6 Å². The molecule has 72 valence electrons. The fraction of sp³-hybridized carbons (Fsp3) is 0.375. The zero-order valence-corrected chi connectivity index (χ0v) is 7.65. The van der Waals surface area contributed by atoms with E-state index < -0.39 is 13.0 Å². The highest BCUT2D eigenvalue weighted by Gasteiger charge is 2.17. The number of pyridine rings is 1. The Bertz CT molecular complexity index is 317. The highest BCUT2D eigenvalue weighted by molar-refractivity contribution is 6.30. The average molecular weight is 208 g/mol. The van der Waals surface area contributed by atoms with Crippen molar-refractivity contribution in [1.82, 2.24) is 4.98 Å². The molecule has 0 aromatic carbocycles.